The molecule has 28 heavy (non-hydrogen) atoms. The summed E-state index contributed by atoms with van der Waals surface area (Å²) in [6.45, 7) is 0.329. The number of hydrogen-bond donors (Lipinski definition) is 0. The zero-order chi connectivity index (χ0) is 20.1. The second-order valence-corrected chi connectivity index (χ2v) is 6.09. The molecule has 0 spiro atoms. The molecule has 2 aromatic carbocycles. The van der Waals surface area contributed by atoms with E-state index in [9.17, 15) is 4.79 Å². The number of benzene rings is 2. The van der Waals surface area contributed by atoms with Gasteiger partial charge in [0.05, 0.1) is 26.9 Å². The number of carbonyl (C=O) groups is 1. The highest BCUT2D eigenvalue weighted by molar-refractivity contribution is 5.93. The Morgan fingerprint density at radius 3 is 2.43 bits per heavy atom. The van der Waals surface area contributed by atoms with Crippen molar-refractivity contribution in [1.82, 2.24) is 10.1 Å². The van der Waals surface area contributed by atoms with E-state index in [0.29, 0.717) is 29.6 Å². The molecular weight excluding hydrogens is 360 g/mol. The van der Waals surface area contributed by atoms with E-state index in [2.05, 4.69) is 5.16 Å². The van der Waals surface area contributed by atoms with Crippen LogP contribution in [0.25, 0.3) is 11.3 Å². The molecule has 146 valence electrons. The molecule has 0 aliphatic carbocycles. The summed E-state index contributed by atoms with van der Waals surface area (Å²) in [5.41, 5.74) is 1.77. The largest absolute Gasteiger partial charge is 0.496 e. The molecule has 0 atom stereocenters. The van der Waals surface area contributed by atoms with Gasteiger partial charge in [-0.05, 0) is 18.2 Å². The predicted octanol–water partition coefficient (Wildman–Crippen LogP) is 3.64. The second kappa shape index (κ2) is 8.47. The lowest BCUT2D eigenvalue weighted by Gasteiger charge is -2.18. The Bertz CT molecular complexity index is 967. The molecule has 1 aromatic heterocycles. The van der Waals surface area contributed by atoms with Gasteiger partial charge in [0, 0.05) is 25.2 Å². The summed E-state index contributed by atoms with van der Waals surface area (Å²) in [5, 5.41) is 3.93. The smallest absolute Gasteiger partial charge is 0.276 e. The molecule has 3 rings (SSSR count). The quantitative estimate of drug-likeness (QED) is 0.621. The van der Waals surface area contributed by atoms with Gasteiger partial charge in [-0.1, -0.05) is 29.4 Å². The van der Waals surface area contributed by atoms with Crippen LogP contribution in [0.1, 0.15) is 16.1 Å². The van der Waals surface area contributed by atoms with Crippen molar-refractivity contribution in [2.24, 2.45) is 0 Å². The lowest BCUT2D eigenvalue weighted by atomic mass is 10.1. The van der Waals surface area contributed by atoms with E-state index in [0.717, 1.165) is 11.1 Å². The van der Waals surface area contributed by atoms with Crippen LogP contribution in [0.15, 0.2) is 53.1 Å². The Labute approximate surface area is 163 Å². The summed E-state index contributed by atoms with van der Waals surface area (Å²) in [7, 11) is 6.42. The van der Waals surface area contributed by atoms with Crippen LogP contribution in [0.3, 0.4) is 0 Å². The van der Waals surface area contributed by atoms with E-state index in [1.807, 2.05) is 36.4 Å². The van der Waals surface area contributed by atoms with Gasteiger partial charge in [0.25, 0.3) is 5.91 Å². The van der Waals surface area contributed by atoms with Crippen molar-refractivity contribution in [3.8, 4) is 28.6 Å². The number of rotatable bonds is 7. The zero-order valence-electron chi connectivity index (χ0n) is 16.3. The lowest BCUT2D eigenvalue weighted by molar-refractivity contribution is 0.0773. The first kappa shape index (κ1) is 19.3. The normalized spacial score (nSPS) is 10.4. The summed E-state index contributed by atoms with van der Waals surface area (Å²) in [6.07, 6.45) is 0. The summed E-state index contributed by atoms with van der Waals surface area (Å²) < 4.78 is 21.4. The summed E-state index contributed by atoms with van der Waals surface area (Å²) in [4.78, 5) is 14.3. The van der Waals surface area contributed by atoms with E-state index in [4.69, 9.17) is 18.7 Å². The molecule has 0 fully saturated rings. The van der Waals surface area contributed by atoms with Crippen molar-refractivity contribution in [1.29, 1.82) is 0 Å². The molecule has 0 radical (unpaired) electrons. The number of ether oxygens (including phenoxy) is 3. The first-order chi connectivity index (χ1) is 13.6. The fourth-order valence-electron chi connectivity index (χ4n) is 2.95. The van der Waals surface area contributed by atoms with Gasteiger partial charge in [-0.3, -0.25) is 4.79 Å². The van der Waals surface area contributed by atoms with Gasteiger partial charge in [-0.25, -0.2) is 0 Å². The molecule has 1 amide bonds. The molecule has 0 aliphatic rings. The minimum absolute atomic E-state index is 0.213. The van der Waals surface area contributed by atoms with Crippen LogP contribution in [0.4, 0.5) is 0 Å². The lowest BCUT2D eigenvalue weighted by Crippen LogP contribution is -2.26. The van der Waals surface area contributed by atoms with Gasteiger partial charge in [0.1, 0.15) is 5.75 Å². The maximum atomic E-state index is 12.8. The number of carbonyl (C=O) groups excluding carboxylic acids is 1. The van der Waals surface area contributed by atoms with Crippen LogP contribution in [0.2, 0.25) is 0 Å². The molecule has 0 N–H and O–H groups in total. The molecule has 0 unspecified atom stereocenters. The number of para-hydroxylation sites is 2. The number of nitrogens with zero attached hydrogens (tertiary/aromatic N) is 2. The third-order valence-corrected chi connectivity index (χ3v) is 4.34. The van der Waals surface area contributed by atoms with E-state index < -0.39 is 0 Å². The van der Waals surface area contributed by atoms with Crippen LogP contribution >= 0.6 is 0 Å². The average Bonchev–Trinajstić information content (AvgIpc) is 3.22. The monoisotopic (exact) mass is 382 g/mol. The molecule has 1 heterocycles. The van der Waals surface area contributed by atoms with E-state index >= 15 is 0 Å². The summed E-state index contributed by atoms with van der Waals surface area (Å²) >= 11 is 0. The Morgan fingerprint density at radius 2 is 1.71 bits per heavy atom. The maximum absolute atomic E-state index is 12.8. The number of hydrogen-bond acceptors (Lipinski definition) is 6. The van der Waals surface area contributed by atoms with Crippen LogP contribution in [-0.4, -0.2) is 44.3 Å². The average molecular weight is 382 g/mol. The van der Waals surface area contributed by atoms with Crippen LogP contribution in [0, 0.1) is 0 Å². The van der Waals surface area contributed by atoms with Crippen molar-refractivity contribution < 1.29 is 23.5 Å². The van der Waals surface area contributed by atoms with Crippen molar-refractivity contribution in [2.75, 3.05) is 28.4 Å². The number of aromatic nitrogens is 1. The van der Waals surface area contributed by atoms with Crippen LogP contribution in [0.5, 0.6) is 17.2 Å². The van der Waals surface area contributed by atoms with E-state index in [-0.39, 0.29) is 11.6 Å². The minimum Gasteiger partial charge on any atom is -0.496 e. The third-order valence-electron chi connectivity index (χ3n) is 4.34. The minimum atomic E-state index is -0.269. The SMILES string of the molecule is COc1ccccc1-c1cc(C(=O)N(C)Cc2cccc(OC)c2OC)no1. The Balaban J connectivity index is 1.81. The molecule has 7 heteroatoms. The Morgan fingerprint density at radius 1 is 1.00 bits per heavy atom. The van der Waals surface area contributed by atoms with Gasteiger partial charge in [-0.2, -0.15) is 0 Å². The second-order valence-electron chi connectivity index (χ2n) is 6.09. The van der Waals surface area contributed by atoms with Crippen LogP contribution < -0.4 is 14.2 Å². The van der Waals surface area contributed by atoms with Gasteiger partial charge < -0.3 is 23.6 Å². The third kappa shape index (κ3) is 3.78. The Hall–Kier alpha value is -3.48. The topological polar surface area (TPSA) is 74.0 Å². The number of amides is 1. The Kier molecular flexibility index (Phi) is 5.84. The van der Waals surface area contributed by atoms with Crippen molar-refractivity contribution in [2.45, 2.75) is 6.54 Å². The molecule has 7 nitrogen and oxygen atoms in total. The highest BCUT2D eigenvalue weighted by Gasteiger charge is 2.21. The standard InChI is InChI=1S/C21H22N2O5/c1-23(13-14-8-7-11-18(26-3)20(14)27-4)21(24)16-12-19(28-22-16)15-9-5-6-10-17(15)25-2/h5-12H,13H2,1-4H3. The van der Waals surface area contributed by atoms with Gasteiger partial charge in [0.15, 0.2) is 23.0 Å². The summed E-state index contributed by atoms with van der Waals surface area (Å²) in [6, 6.07) is 14.5. The molecular formula is C21H22N2O5. The van der Waals surface area contributed by atoms with Crippen molar-refractivity contribution >= 4 is 5.91 Å². The molecule has 0 saturated heterocycles. The maximum Gasteiger partial charge on any atom is 0.276 e. The highest BCUT2D eigenvalue weighted by Crippen LogP contribution is 2.32. The van der Waals surface area contributed by atoms with Crippen molar-refractivity contribution in [3.05, 3.63) is 59.8 Å². The zero-order valence-corrected chi connectivity index (χ0v) is 16.3. The predicted molar refractivity (Wildman–Crippen MR) is 104 cm³/mol. The summed E-state index contributed by atoms with van der Waals surface area (Å²) in [5.74, 6) is 2.05. The molecule has 3 aromatic rings. The van der Waals surface area contributed by atoms with Gasteiger partial charge in [0.2, 0.25) is 0 Å². The van der Waals surface area contributed by atoms with E-state index in [1.54, 1.807) is 45.4 Å². The first-order valence-corrected chi connectivity index (χ1v) is 8.64. The van der Waals surface area contributed by atoms with Crippen molar-refractivity contribution in [3.63, 3.8) is 0 Å². The molecule has 0 bridgehead atoms. The fourth-order valence-corrected chi connectivity index (χ4v) is 2.95. The first-order valence-electron chi connectivity index (χ1n) is 8.64. The van der Waals surface area contributed by atoms with Crippen LogP contribution in [-0.2, 0) is 6.54 Å². The van der Waals surface area contributed by atoms with E-state index in [1.165, 1.54) is 0 Å². The molecule has 0 aliphatic heterocycles. The van der Waals surface area contributed by atoms with Gasteiger partial charge >= 0.3 is 0 Å². The molecule has 0 saturated carbocycles. The number of methoxy groups -OCH3 is 3. The van der Waals surface area contributed by atoms with Gasteiger partial charge in [-0.15, -0.1) is 0 Å². The highest BCUT2D eigenvalue weighted by atomic mass is 16.5. The fraction of sp³-hybridized carbons (Fsp3) is 0.238.